The van der Waals surface area contributed by atoms with Crippen LogP contribution in [0.5, 0.6) is 0 Å². The Labute approximate surface area is 122 Å². The quantitative estimate of drug-likeness (QED) is 0.781. The van der Waals surface area contributed by atoms with E-state index in [1.54, 1.807) is 6.07 Å². The number of hydrogen-bond acceptors (Lipinski definition) is 2. The molecule has 0 aliphatic carbocycles. The standard InChI is InChI=1S/C17H27FN2/c1-7-12-20(17(4,5)6)16-14(13(3)19-8-2)10-9-11-15(16)18/h7,9-11,13,19H,1,8,12H2,2-6H3. The van der Waals surface area contributed by atoms with Crippen LogP contribution in [-0.2, 0) is 0 Å². The number of anilines is 1. The van der Waals surface area contributed by atoms with E-state index in [1.165, 1.54) is 6.07 Å². The van der Waals surface area contributed by atoms with Gasteiger partial charge in [0.1, 0.15) is 5.82 Å². The van der Waals surface area contributed by atoms with Crippen molar-refractivity contribution in [1.29, 1.82) is 0 Å². The largest absolute Gasteiger partial charge is 0.360 e. The van der Waals surface area contributed by atoms with Gasteiger partial charge in [0.25, 0.3) is 0 Å². The van der Waals surface area contributed by atoms with E-state index < -0.39 is 0 Å². The summed E-state index contributed by atoms with van der Waals surface area (Å²) in [4.78, 5) is 2.07. The lowest BCUT2D eigenvalue weighted by atomic mass is 9.99. The Balaban J connectivity index is 3.35. The van der Waals surface area contributed by atoms with Crippen molar-refractivity contribution in [2.24, 2.45) is 0 Å². The molecule has 1 aromatic carbocycles. The molecule has 3 heteroatoms. The van der Waals surface area contributed by atoms with Gasteiger partial charge in [-0.2, -0.15) is 0 Å². The summed E-state index contributed by atoms with van der Waals surface area (Å²) in [5.74, 6) is -0.177. The topological polar surface area (TPSA) is 15.3 Å². The number of nitrogens with zero attached hydrogens (tertiary/aromatic N) is 1. The second-order valence-corrected chi connectivity index (χ2v) is 6.03. The minimum atomic E-state index is -0.177. The summed E-state index contributed by atoms with van der Waals surface area (Å²) in [7, 11) is 0. The Hall–Kier alpha value is -1.35. The first-order chi connectivity index (χ1) is 9.32. The third-order valence-electron chi connectivity index (χ3n) is 3.39. The number of benzene rings is 1. The third kappa shape index (κ3) is 3.83. The zero-order chi connectivity index (χ0) is 15.3. The summed E-state index contributed by atoms with van der Waals surface area (Å²) in [5.41, 5.74) is 1.49. The summed E-state index contributed by atoms with van der Waals surface area (Å²) < 4.78 is 14.5. The van der Waals surface area contributed by atoms with Crippen molar-refractivity contribution in [3.8, 4) is 0 Å². The van der Waals surface area contributed by atoms with Gasteiger partial charge in [0.2, 0.25) is 0 Å². The van der Waals surface area contributed by atoms with Crippen LogP contribution in [-0.4, -0.2) is 18.6 Å². The molecule has 112 valence electrons. The Morgan fingerprint density at radius 3 is 2.55 bits per heavy atom. The molecule has 0 spiro atoms. The van der Waals surface area contributed by atoms with Gasteiger partial charge in [-0.05, 0) is 45.9 Å². The highest BCUT2D eigenvalue weighted by Gasteiger charge is 2.26. The van der Waals surface area contributed by atoms with Gasteiger partial charge in [-0.15, -0.1) is 6.58 Å². The van der Waals surface area contributed by atoms with E-state index in [9.17, 15) is 4.39 Å². The molecule has 0 saturated heterocycles. The zero-order valence-electron chi connectivity index (χ0n) is 13.3. The highest BCUT2D eigenvalue weighted by molar-refractivity contribution is 5.58. The lowest BCUT2D eigenvalue weighted by Gasteiger charge is -2.39. The molecule has 0 aliphatic rings. The molecule has 1 rings (SSSR count). The molecule has 1 unspecified atom stereocenters. The summed E-state index contributed by atoms with van der Waals surface area (Å²) in [5, 5.41) is 3.36. The van der Waals surface area contributed by atoms with Crippen molar-refractivity contribution in [3.05, 3.63) is 42.2 Å². The highest BCUT2D eigenvalue weighted by atomic mass is 19.1. The third-order valence-corrected chi connectivity index (χ3v) is 3.39. The van der Waals surface area contributed by atoms with E-state index in [0.717, 1.165) is 12.1 Å². The van der Waals surface area contributed by atoms with E-state index in [2.05, 4.69) is 51.4 Å². The van der Waals surface area contributed by atoms with Crippen molar-refractivity contribution in [3.63, 3.8) is 0 Å². The maximum absolute atomic E-state index is 14.5. The van der Waals surface area contributed by atoms with Crippen molar-refractivity contribution in [1.82, 2.24) is 5.32 Å². The smallest absolute Gasteiger partial charge is 0.146 e. The van der Waals surface area contributed by atoms with E-state index in [1.807, 2.05) is 12.1 Å². The Bertz CT molecular complexity index is 449. The van der Waals surface area contributed by atoms with Gasteiger partial charge in [-0.25, -0.2) is 4.39 Å². The van der Waals surface area contributed by atoms with Crippen LogP contribution in [0, 0.1) is 5.82 Å². The van der Waals surface area contributed by atoms with Gasteiger partial charge >= 0.3 is 0 Å². The average molecular weight is 278 g/mol. The van der Waals surface area contributed by atoms with Gasteiger partial charge in [0.15, 0.2) is 0 Å². The lowest BCUT2D eigenvalue weighted by molar-refractivity contribution is 0.498. The molecule has 0 saturated carbocycles. The predicted octanol–water partition coefficient (Wildman–Crippen LogP) is 4.29. The van der Waals surface area contributed by atoms with Crippen LogP contribution in [0.1, 0.15) is 46.2 Å². The molecular weight excluding hydrogens is 251 g/mol. The molecule has 0 aromatic heterocycles. The SMILES string of the molecule is C=CCN(c1c(F)cccc1C(C)NCC)C(C)(C)C. The van der Waals surface area contributed by atoms with Crippen LogP contribution in [0.4, 0.5) is 10.1 Å². The van der Waals surface area contributed by atoms with Gasteiger partial charge in [0.05, 0.1) is 5.69 Å². The number of halogens is 1. The van der Waals surface area contributed by atoms with Crippen LogP contribution in [0.2, 0.25) is 0 Å². The number of para-hydroxylation sites is 1. The fourth-order valence-corrected chi connectivity index (χ4v) is 2.41. The molecule has 2 nitrogen and oxygen atoms in total. The van der Waals surface area contributed by atoms with Crippen LogP contribution in [0.25, 0.3) is 0 Å². The first-order valence-corrected chi connectivity index (χ1v) is 7.23. The Morgan fingerprint density at radius 2 is 2.05 bits per heavy atom. The van der Waals surface area contributed by atoms with Gasteiger partial charge in [-0.3, -0.25) is 0 Å². The van der Waals surface area contributed by atoms with Gasteiger partial charge in [0, 0.05) is 18.1 Å². The number of rotatable bonds is 6. The molecule has 1 atom stereocenters. The maximum Gasteiger partial charge on any atom is 0.146 e. The van der Waals surface area contributed by atoms with Crippen molar-refractivity contribution in [2.45, 2.75) is 46.2 Å². The number of hydrogen-bond donors (Lipinski definition) is 1. The van der Waals surface area contributed by atoms with Crippen LogP contribution in [0.15, 0.2) is 30.9 Å². The van der Waals surface area contributed by atoms with Crippen LogP contribution < -0.4 is 10.2 Å². The summed E-state index contributed by atoms with van der Waals surface area (Å²) in [6.07, 6.45) is 1.82. The normalized spacial score (nSPS) is 13.1. The minimum Gasteiger partial charge on any atom is -0.360 e. The van der Waals surface area contributed by atoms with Crippen LogP contribution in [0.3, 0.4) is 0 Å². The second-order valence-electron chi connectivity index (χ2n) is 6.03. The fraction of sp³-hybridized carbons (Fsp3) is 0.529. The van der Waals surface area contributed by atoms with Crippen molar-refractivity contribution < 1.29 is 4.39 Å². The molecule has 0 fully saturated rings. The van der Waals surface area contributed by atoms with Crippen LogP contribution >= 0.6 is 0 Å². The highest BCUT2D eigenvalue weighted by Crippen LogP contribution is 2.33. The summed E-state index contributed by atoms with van der Waals surface area (Å²) in [6, 6.07) is 5.41. The van der Waals surface area contributed by atoms with E-state index in [-0.39, 0.29) is 17.4 Å². The maximum atomic E-state index is 14.5. The Morgan fingerprint density at radius 1 is 1.40 bits per heavy atom. The fourth-order valence-electron chi connectivity index (χ4n) is 2.41. The van der Waals surface area contributed by atoms with Gasteiger partial charge < -0.3 is 10.2 Å². The monoisotopic (exact) mass is 278 g/mol. The first kappa shape index (κ1) is 16.7. The minimum absolute atomic E-state index is 0.111. The van der Waals surface area contributed by atoms with Crippen molar-refractivity contribution >= 4 is 5.69 Å². The zero-order valence-corrected chi connectivity index (χ0v) is 13.3. The number of nitrogens with one attached hydrogen (secondary N) is 1. The van der Waals surface area contributed by atoms with E-state index in [4.69, 9.17) is 0 Å². The molecule has 20 heavy (non-hydrogen) atoms. The first-order valence-electron chi connectivity index (χ1n) is 7.23. The molecule has 1 aromatic rings. The molecule has 0 aliphatic heterocycles. The Kier molecular flexibility index (Phi) is 5.75. The predicted molar refractivity (Wildman–Crippen MR) is 85.8 cm³/mol. The second kappa shape index (κ2) is 6.89. The summed E-state index contributed by atoms with van der Waals surface area (Å²) >= 11 is 0. The molecular formula is C17H27FN2. The molecule has 0 heterocycles. The molecule has 0 bridgehead atoms. The molecule has 1 N–H and O–H groups in total. The van der Waals surface area contributed by atoms with E-state index >= 15 is 0 Å². The lowest BCUT2D eigenvalue weighted by Crippen LogP contribution is -2.43. The van der Waals surface area contributed by atoms with E-state index in [0.29, 0.717) is 12.2 Å². The average Bonchev–Trinajstić information content (AvgIpc) is 2.35. The van der Waals surface area contributed by atoms with Gasteiger partial charge in [-0.1, -0.05) is 25.1 Å². The summed E-state index contributed by atoms with van der Waals surface area (Å²) in [6.45, 7) is 15.7. The van der Waals surface area contributed by atoms with Crippen molar-refractivity contribution in [2.75, 3.05) is 18.0 Å². The molecule has 0 amide bonds. The molecule has 0 radical (unpaired) electrons.